The Bertz CT molecular complexity index is 368. The Labute approximate surface area is 93.7 Å². The van der Waals surface area contributed by atoms with Gasteiger partial charge in [0.25, 0.3) is 0 Å². The van der Waals surface area contributed by atoms with Gasteiger partial charge in [0, 0.05) is 6.54 Å². The van der Waals surface area contributed by atoms with E-state index in [2.05, 4.69) is 5.32 Å². The van der Waals surface area contributed by atoms with Crippen LogP contribution in [0, 0.1) is 0 Å². The summed E-state index contributed by atoms with van der Waals surface area (Å²) in [6.07, 6.45) is 0. The van der Waals surface area contributed by atoms with Crippen LogP contribution in [0.15, 0.2) is 18.2 Å². The van der Waals surface area contributed by atoms with E-state index in [1.54, 1.807) is 26.4 Å². The lowest BCUT2D eigenvalue weighted by Gasteiger charge is -2.10. The second-order valence-electron chi connectivity index (χ2n) is 3.02. The van der Waals surface area contributed by atoms with Gasteiger partial charge in [-0.25, -0.2) is 10.6 Å². The third kappa shape index (κ3) is 3.03. The lowest BCUT2D eigenvalue weighted by atomic mass is 10.2. The maximum absolute atomic E-state index is 10.9. The molecular formula is C10H15N3O3. The molecule has 1 aromatic carbocycles. The van der Waals surface area contributed by atoms with Crippen molar-refractivity contribution in [2.75, 3.05) is 14.2 Å². The Balaban J connectivity index is 2.71. The fourth-order valence-electron chi connectivity index (χ4n) is 1.22. The van der Waals surface area contributed by atoms with Gasteiger partial charge in [-0.1, -0.05) is 6.07 Å². The molecule has 0 bridgehead atoms. The molecule has 1 rings (SSSR count). The van der Waals surface area contributed by atoms with Crippen molar-refractivity contribution < 1.29 is 14.3 Å². The fraction of sp³-hybridized carbons (Fsp3) is 0.300. The number of hydrogen-bond acceptors (Lipinski definition) is 4. The largest absolute Gasteiger partial charge is 0.493 e. The fourth-order valence-corrected chi connectivity index (χ4v) is 1.22. The van der Waals surface area contributed by atoms with Gasteiger partial charge in [-0.15, -0.1) is 0 Å². The number of hydrazine groups is 1. The van der Waals surface area contributed by atoms with Crippen LogP contribution in [0.3, 0.4) is 0 Å². The van der Waals surface area contributed by atoms with Crippen molar-refractivity contribution in [2.24, 2.45) is 5.84 Å². The normalized spacial score (nSPS) is 9.44. The molecule has 2 amide bonds. The highest BCUT2D eigenvalue weighted by atomic mass is 16.5. The maximum atomic E-state index is 10.9. The highest BCUT2D eigenvalue weighted by Crippen LogP contribution is 2.27. The van der Waals surface area contributed by atoms with E-state index in [9.17, 15) is 4.79 Å². The molecule has 0 spiro atoms. The molecule has 16 heavy (non-hydrogen) atoms. The number of benzene rings is 1. The first-order valence-corrected chi connectivity index (χ1v) is 4.66. The van der Waals surface area contributed by atoms with Crippen LogP contribution >= 0.6 is 0 Å². The van der Waals surface area contributed by atoms with Gasteiger partial charge in [-0.3, -0.25) is 5.43 Å². The summed E-state index contributed by atoms with van der Waals surface area (Å²) in [6.45, 7) is 0.364. The molecule has 6 heteroatoms. The van der Waals surface area contributed by atoms with E-state index in [0.29, 0.717) is 18.0 Å². The van der Waals surface area contributed by atoms with Crippen molar-refractivity contribution in [1.29, 1.82) is 0 Å². The number of carbonyl (C=O) groups excluding carboxylic acids is 1. The highest BCUT2D eigenvalue weighted by Gasteiger charge is 2.05. The summed E-state index contributed by atoms with van der Waals surface area (Å²) in [4.78, 5) is 10.9. The first-order valence-electron chi connectivity index (χ1n) is 4.66. The standard InChI is InChI=1S/C10H15N3O3/c1-15-8-4-3-7(5-9(8)16-2)6-12-10(14)13-11/h3-5H,6,11H2,1-2H3,(H2,12,13,14). The van der Waals surface area contributed by atoms with E-state index >= 15 is 0 Å². The molecule has 0 aliphatic rings. The molecule has 0 aliphatic carbocycles. The molecule has 88 valence electrons. The van der Waals surface area contributed by atoms with E-state index < -0.39 is 6.03 Å². The summed E-state index contributed by atoms with van der Waals surface area (Å²) >= 11 is 0. The van der Waals surface area contributed by atoms with Gasteiger partial charge in [0.15, 0.2) is 11.5 Å². The minimum Gasteiger partial charge on any atom is -0.493 e. The Hall–Kier alpha value is -1.95. The lowest BCUT2D eigenvalue weighted by Crippen LogP contribution is -2.39. The molecule has 0 unspecified atom stereocenters. The van der Waals surface area contributed by atoms with Crippen molar-refractivity contribution >= 4 is 6.03 Å². The summed E-state index contributed by atoms with van der Waals surface area (Å²) < 4.78 is 10.2. The average Bonchev–Trinajstić information content (AvgIpc) is 2.35. The smallest absolute Gasteiger partial charge is 0.329 e. The third-order valence-electron chi connectivity index (χ3n) is 2.03. The number of rotatable bonds is 4. The zero-order chi connectivity index (χ0) is 12.0. The molecule has 0 aliphatic heterocycles. The van der Waals surface area contributed by atoms with Crippen molar-refractivity contribution in [2.45, 2.75) is 6.54 Å². The van der Waals surface area contributed by atoms with Crippen LogP contribution in [0.25, 0.3) is 0 Å². The van der Waals surface area contributed by atoms with E-state index in [1.165, 1.54) is 0 Å². The monoisotopic (exact) mass is 225 g/mol. The van der Waals surface area contributed by atoms with E-state index in [0.717, 1.165) is 5.56 Å². The quantitative estimate of drug-likeness (QED) is 0.393. The van der Waals surface area contributed by atoms with Crippen molar-refractivity contribution in [3.05, 3.63) is 23.8 Å². The van der Waals surface area contributed by atoms with Crippen molar-refractivity contribution in [3.63, 3.8) is 0 Å². The molecule has 6 nitrogen and oxygen atoms in total. The number of amides is 2. The van der Waals surface area contributed by atoms with Crippen LogP contribution in [-0.4, -0.2) is 20.3 Å². The van der Waals surface area contributed by atoms with Crippen LogP contribution in [0.5, 0.6) is 11.5 Å². The van der Waals surface area contributed by atoms with Crippen LogP contribution in [-0.2, 0) is 6.54 Å². The van der Waals surface area contributed by atoms with Gasteiger partial charge in [0.2, 0.25) is 0 Å². The Morgan fingerprint density at radius 3 is 2.56 bits per heavy atom. The molecule has 0 saturated carbocycles. The summed E-state index contributed by atoms with van der Waals surface area (Å²) in [5, 5.41) is 2.57. The SMILES string of the molecule is COc1ccc(CNC(=O)NN)cc1OC. The summed E-state index contributed by atoms with van der Waals surface area (Å²) in [6, 6.07) is 4.96. The third-order valence-corrected chi connectivity index (χ3v) is 2.03. The summed E-state index contributed by atoms with van der Waals surface area (Å²) in [5.74, 6) is 6.20. The first kappa shape index (κ1) is 12.1. The van der Waals surface area contributed by atoms with Gasteiger partial charge < -0.3 is 14.8 Å². The minimum absolute atomic E-state index is 0.364. The Morgan fingerprint density at radius 2 is 2.00 bits per heavy atom. The average molecular weight is 225 g/mol. The Kier molecular flexibility index (Phi) is 4.41. The molecule has 0 radical (unpaired) electrons. The Morgan fingerprint density at radius 1 is 1.31 bits per heavy atom. The van der Waals surface area contributed by atoms with Crippen molar-refractivity contribution in [3.8, 4) is 11.5 Å². The number of nitrogens with one attached hydrogen (secondary N) is 2. The van der Waals surface area contributed by atoms with E-state index in [4.69, 9.17) is 15.3 Å². The zero-order valence-corrected chi connectivity index (χ0v) is 9.24. The molecule has 0 fully saturated rings. The number of methoxy groups -OCH3 is 2. The highest BCUT2D eigenvalue weighted by molar-refractivity contribution is 5.73. The lowest BCUT2D eigenvalue weighted by molar-refractivity contribution is 0.240. The first-order chi connectivity index (χ1) is 7.71. The number of nitrogens with two attached hydrogens (primary N) is 1. The van der Waals surface area contributed by atoms with Crippen LogP contribution in [0.2, 0.25) is 0 Å². The molecule has 0 saturated heterocycles. The zero-order valence-electron chi connectivity index (χ0n) is 9.24. The van der Waals surface area contributed by atoms with Gasteiger partial charge in [-0.05, 0) is 17.7 Å². The predicted octanol–water partition coefficient (Wildman–Crippen LogP) is 0.377. The predicted molar refractivity (Wildman–Crippen MR) is 59.1 cm³/mol. The van der Waals surface area contributed by atoms with Gasteiger partial charge in [-0.2, -0.15) is 0 Å². The molecular weight excluding hydrogens is 210 g/mol. The number of hydrogen-bond donors (Lipinski definition) is 3. The minimum atomic E-state index is -0.435. The number of urea groups is 1. The summed E-state index contributed by atoms with van der Waals surface area (Å²) in [5.41, 5.74) is 2.87. The summed E-state index contributed by atoms with van der Waals surface area (Å²) in [7, 11) is 3.12. The van der Waals surface area contributed by atoms with Crippen LogP contribution < -0.4 is 26.1 Å². The molecule has 4 N–H and O–H groups in total. The van der Waals surface area contributed by atoms with Gasteiger partial charge >= 0.3 is 6.03 Å². The number of ether oxygens (including phenoxy) is 2. The number of carbonyl (C=O) groups is 1. The van der Waals surface area contributed by atoms with Crippen LogP contribution in [0.4, 0.5) is 4.79 Å². The molecule has 1 aromatic rings. The molecule has 0 aromatic heterocycles. The topological polar surface area (TPSA) is 85.6 Å². The van der Waals surface area contributed by atoms with Crippen molar-refractivity contribution in [1.82, 2.24) is 10.7 Å². The van der Waals surface area contributed by atoms with E-state index in [1.807, 2.05) is 11.5 Å². The second kappa shape index (κ2) is 5.82. The van der Waals surface area contributed by atoms with Gasteiger partial charge in [0.05, 0.1) is 14.2 Å². The van der Waals surface area contributed by atoms with Gasteiger partial charge in [0.1, 0.15) is 0 Å². The maximum Gasteiger partial charge on any atom is 0.329 e. The van der Waals surface area contributed by atoms with E-state index in [-0.39, 0.29) is 0 Å². The van der Waals surface area contributed by atoms with Crippen LogP contribution in [0.1, 0.15) is 5.56 Å². The second-order valence-corrected chi connectivity index (χ2v) is 3.02. The molecule has 0 atom stereocenters. The molecule has 0 heterocycles.